The second-order valence-electron chi connectivity index (χ2n) is 4.93. The number of hydrogen-bond donors (Lipinski definition) is 1. The largest absolute Gasteiger partial charge is 0.497 e. The fourth-order valence-electron chi connectivity index (χ4n) is 2.40. The summed E-state index contributed by atoms with van der Waals surface area (Å²) >= 11 is 0. The van der Waals surface area contributed by atoms with Crippen molar-refractivity contribution >= 4 is 29.2 Å². The van der Waals surface area contributed by atoms with Crippen LogP contribution < -0.4 is 10.3 Å². The topological polar surface area (TPSA) is 85.6 Å². The molecule has 1 N–H and O–H groups in total. The highest BCUT2D eigenvalue weighted by molar-refractivity contribution is 5.97. The van der Waals surface area contributed by atoms with Gasteiger partial charge in [-0.3, -0.25) is 4.79 Å². The number of ether oxygens (including phenoxy) is 1. The number of carboxylic acids is 1. The summed E-state index contributed by atoms with van der Waals surface area (Å²) in [6.45, 7) is 1.66. The summed E-state index contributed by atoms with van der Waals surface area (Å²) in [5, 5.41) is 9.86. The number of hydrogen-bond acceptors (Lipinski definition) is 4. The number of fused-ring (bicyclic) bond motifs is 1. The van der Waals surface area contributed by atoms with Crippen LogP contribution in [-0.2, 0) is 16.1 Å². The van der Waals surface area contributed by atoms with E-state index >= 15 is 0 Å². The third kappa shape index (κ3) is 3.31. The van der Waals surface area contributed by atoms with E-state index in [1.807, 2.05) is 0 Å². The number of benzene rings is 1. The summed E-state index contributed by atoms with van der Waals surface area (Å²) in [4.78, 5) is 34.3. The molecular weight excluding hydrogens is 298 g/mol. The molecule has 0 aliphatic carbocycles. The van der Waals surface area contributed by atoms with Gasteiger partial charge >= 0.3 is 5.97 Å². The molecule has 2 rings (SSSR count). The van der Waals surface area contributed by atoms with E-state index in [0.29, 0.717) is 34.9 Å². The fourth-order valence-corrected chi connectivity index (χ4v) is 2.40. The van der Waals surface area contributed by atoms with Gasteiger partial charge in [-0.15, -0.1) is 0 Å². The second kappa shape index (κ2) is 6.91. The Morgan fingerprint density at radius 2 is 2.09 bits per heavy atom. The molecule has 6 heteroatoms. The van der Waals surface area contributed by atoms with Crippen molar-refractivity contribution in [3.05, 3.63) is 45.8 Å². The third-order valence-electron chi connectivity index (χ3n) is 3.59. The Bertz CT molecular complexity index is 848. The van der Waals surface area contributed by atoms with Crippen LogP contribution in [0.15, 0.2) is 34.6 Å². The highest BCUT2D eigenvalue weighted by Gasteiger charge is 2.11. The number of carbonyl (C=O) groups is 2. The molecular formula is C17H17NO5. The zero-order valence-corrected chi connectivity index (χ0v) is 12.9. The van der Waals surface area contributed by atoms with Gasteiger partial charge in [0.1, 0.15) is 12.0 Å². The minimum atomic E-state index is -1.02. The molecule has 1 aromatic heterocycles. The van der Waals surface area contributed by atoms with Gasteiger partial charge < -0.3 is 19.2 Å². The maximum atomic E-state index is 12.3. The van der Waals surface area contributed by atoms with E-state index in [2.05, 4.69) is 0 Å². The number of aliphatic carboxylic acids is 1. The molecule has 0 saturated carbocycles. The lowest BCUT2D eigenvalue weighted by molar-refractivity contribution is -0.132. The molecule has 0 saturated heterocycles. The Kier molecular flexibility index (Phi) is 4.95. The first kappa shape index (κ1) is 16.5. The molecule has 23 heavy (non-hydrogen) atoms. The van der Waals surface area contributed by atoms with E-state index < -0.39 is 5.97 Å². The molecule has 1 aromatic carbocycles. The number of carboxylic acid groups (broad SMARTS) is 1. The van der Waals surface area contributed by atoms with Crippen molar-refractivity contribution in [3.63, 3.8) is 0 Å². The Labute approximate surface area is 132 Å². The summed E-state index contributed by atoms with van der Waals surface area (Å²) in [5.74, 6) is -0.474. The maximum Gasteiger partial charge on any atom is 0.331 e. The smallest absolute Gasteiger partial charge is 0.331 e. The molecule has 0 bridgehead atoms. The highest BCUT2D eigenvalue weighted by atomic mass is 16.5. The molecule has 6 nitrogen and oxygen atoms in total. The number of aldehydes is 1. The number of pyridine rings is 1. The number of methoxy groups -OCH3 is 1. The van der Waals surface area contributed by atoms with E-state index in [9.17, 15) is 19.5 Å². The number of aromatic nitrogens is 1. The van der Waals surface area contributed by atoms with Crippen LogP contribution >= 0.6 is 0 Å². The molecule has 2 aromatic rings. The van der Waals surface area contributed by atoms with E-state index in [1.54, 1.807) is 25.1 Å². The minimum Gasteiger partial charge on any atom is -0.497 e. The standard InChI is InChI=1S/C17H17NO5/c1-3-11(17(21)22)8-12-9-16(20)18(6-7-19)15-10-13(23-2)4-5-14(12)15/h4-5,7-10H,3,6H2,1-2H3,(H,21,22)/b11-8+. The lowest BCUT2D eigenvalue weighted by Crippen LogP contribution is -2.21. The lowest BCUT2D eigenvalue weighted by Gasteiger charge is -2.11. The lowest BCUT2D eigenvalue weighted by atomic mass is 10.0. The predicted octanol–water partition coefficient (Wildman–Crippen LogP) is 2.09. The molecule has 0 aliphatic heterocycles. The van der Waals surface area contributed by atoms with Crippen LogP contribution in [0.3, 0.4) is 0 Å². The quantitative estimate of drug-likeness (QED) is 0.651. The summed E-state index contributed by atoms with van der Waals surface area (Å²) in [6.07, 6.45) is 2.47. The van der Waals surface area contributed by atoms with Gasteiger partial charge in [-0.25, -0.2) is 4.79 Å². The molecule has 1 heterocycles. The van der Waals surface area contributed by atoms with Crippen LogP contribution in [0, 0.1) is 0 Å². The summed E-state index contributed by atoms with van der Waals surface area (Å²) in [5.41, 5.74) is 0.865. The third-order valence-corrected chi connectivity index (χ3v) is 3.59. The highest BCUT2D eigenvalue weighted by Crippen LogP contribution is 2.24. The molecule has 0 radical (unpaired) electrons. The van der Waals surface area contributed by atoms with Crippen molar-refractivity contribution in [2.75, 3.05) is 7.11 Å². The molecule has 0 fully saturated rings. The molecule has 0 aliphatic rings. The van der Waals surface area contributed by atoms with Gasteiger partial charge in [0.15, 0.2) is 0 Å². The summed E-state index contributed by atoms with van der Waals surface area (Å²) < 4.78 is 6.49. The normalized spacial score (nSPS) is 11.5. The van der Waals surface area contributed by atoms with E-state index in [0.717, 1.165) is 0 Å². The average molecular weight is 315 g/mol. The zero-order valence-electron chi connectivity index (χ0n) is 12.9. The van der Waals surface area contributed by atoms with Crippen molar-refractivity contribution in [1.29, 1.82) is 0 Å². The van der Waals surface area contributed by atoms with Crippen molar-refractivity contribution in [1.82, 2.24) is 4.57 Å². The summed E-state index contributed by atoms with van der Waals surface area (Å²) in [7, 11) is 1.51. The Balaban J connectivity index is 2.82. The van der Waals surface area contributed by atoms with Gasteiger partial charge in [-0.05, 0) is 30.2 Å². The SMILES string of the molecule is CC/C(=C\c1cc(=O)n(CC=O)c2cc(OC)ccc12)C(=O)O. The van der Waals surface area contributed by atoms with Crippen LogP contribution in [0.1, 0.15) is 18.9 Å². The average Bonchev–Trinajstić information content (AvgIpc) is 2.54. The second-order valence-corrected chi connectivity index (χ2v) is 4.93. The van der Waals surface area contributed by atoms with E-state index in [4.69, 9.17) is 4.74 Å². The van der Waals surface area contributed by atoms with Gasteiger partial charge in [0, 0.05) is 23.1 Å². The zero-order chi connectivity index (χ0) is 17.0. The van der Waals surface area contributed by atoms with Gasteiger partial charge in [0.05, 0.1) is 19.2 Å². The number of rotatable bonds is 6. The van der Waals surface area contributed by atoms with Crippen LogP contribution in [0.4, 0.5) is 0 Å². The Morgan fingerprint density at radius 1 is 1.35 bits per heavy atom. The van der Waals surface area contributed by atoms with Crippen LogP contribution in [0.2, 0.25) is 0 Å². The van der Waals surface area contributed by atoms with E-state index in [-0.39, 0.29) is 17.7 Å². The molecule has 0 spiro atoms. The van der Waals surface area contributed by atoms with Gasteiger partial charge in [-0.1, -0.05) is 6.92 Å². The predicted molar refractivity (Wildman–Crippen MR) is 86.7 cm³/mol. The number of nitrogens with zero attached hydrogens (tertiary/aromatic N) is 1. The van der Waals surface area contributed by atoms with Gasteiger partial charge in [0.25, 0.3) is 5.56 Å². The van der Waals surface area contributed by atoms with Crippen LogP contribution in [0.25, 0.3) is 17.0 Å². The van der Waals surface area contributed by atoms with Crippen LogP contribution in [0.5, 0.6) is 5.75 Å². The minimum absolute atomic E-state index is 0.0773. The van der Waals surface area contributed by atoms with Crippen molar-refractivity contribution in [3.8, 4) is 5.75 Å². The fraction of sp³-hybridized carbons (Fsp3) is 0.235. The van der Waals surface area contributed by atoms with Crippen LogP contribution in [-0.4, -0.2) is 29.0 Å². The first-order valence-corrected chi connectivity index (χ1v) is 7.11. The monoisotopic (exact) mass is 315 g/mol. The van der Waals surface area contributed by atoms with E-state index in [1.165, 1.54) is 23.8 Å². The van der Waals surface area contributed by atoms with Crippen molar-refractivity contribution in [2.45, 2.75) is 19.9 Å². The number of carbonyl (C=O) groups excluding carboxylic acids is 1. The van der Waals surface area contributed by atoms with Gasteiger partial charge in [0.2, 0.25) is 0 Å². The molecule has 120 valence electrons. The first-order chi connectivity index (χ1) is 11.0. The van der Waals surface area contributed by atoms with Gasteiger partial charge in [-0.2, -0.15) is 0 Å². The Hall–Kier alpha value is -2.89. The maximum absolute atomic E-state index is 12.3. The van der Waals surface area contributed by atoms with Crippen molar-refractivity contribution in [2.24, 2.45) is 0 Å². The summed E-state index contributed by atoms with van der Waals surface area (Å²) in [6, 6.07) is 6.47. The van der Waals surface area contributed by atoms with Crippen molar-refractivity contribution < 1.29 is 19.4 Å². The Morgan fingerprint density at radius 3 is 2.65 bits per heavy atom. The molecule has 0 amide bonds. The first-order valence-electron chi connectivity index (χ1n) is 7.11. The molecule has 0 unspecified atom stereocenters. The molecule has 0 atom stereocenters.